The van der Waals surface area contributed by atoms with Crippen molar-refractivity contribution >= 4 is 17.5 Å². The number of imide groups is 1. The smallest absolute Gasteiger partial charge is 0.235 e. The Bertz CT molecular complexity index is 748. The van der Waals surface area contributed by atoms with E-state index in [4.69, 9.17) is 0 Å². The number of rotatable bonds is 3. The van der Waals surface area contributed by atoms with Gasteiger partial charge in [0.05, 0.1) is 18.5 Å². The molecular formula is C20H22N2O2. The zero-order valence-corrected chi connectivity index (χ0v) is 14.0. The van der Waals surface area contributed by atoms with Crippen LogP contribution in [0, 0.1) is 49.4 Å². The van der Waals surface area contributed by atoms with Gasteiger partial charge >= 0.3 is 0 Å². The van der Waals surface area contributed by atoms with Crippen molar-refractivity contribution in [2.75, 3.05) is 12.0 Å². The van der Waals surface area contributed by atoms with E-state index in [9.17, 15) is 9.59 Å². The summed E-state index contributed by atoms with van der Waals surface area (Å²) in [7, 11) is 0. The van der Waals surface area contributed by atoms with Crippen molar-refractivity contribution in [3.8, 4) is 0 Å². The molecule has 1 saturated heterocycles. The Labute approximate surface area is 141 Å². The summed E-state index contributed by atoms with van der Waals surface area (Å²) in [6.45, 7) is 4.41. The van der Waals surface area contributed by atoms with E-state index in [0.29, 0.717) is 23.7 Å². The first-order chi connectivity index (χ1) is 11.6. The van der Waals surface area contributed by atoms with E-state index in [0.717, 1.165) is 11.3 Å². The maximum Gasteiger partial charge on any atom is 0.235 e. The zero-order valence-electron chi connectivity index (χ0n) is 14.0. The molecule has 24 heavy (non-hydrogen) atoms. The van der Waals surface area contributed by atoms with Crippen LogP contribution in [0.4, 0.5) is 5.69 Å². The molecule has 0 unspecified atom stereocenters. The minimum Gasteiger partial charge on any atom is -0.367 e. The fourth-order valence-corrected chi connectivity index (χ4v) is 5.28. The number of carbonyl (C=O) groups is 2. The molecule has 2 bridgehead atoms. The molecule has 1 heterocycles. The lowest BCUT2D eigenvalue weighted by molar-refractivity contribution is -0.139. The number of likely N-dealkylation sites (tertiary alicyclic amines) is 1. The van der Waals surface area contributed by atoms with Gasteiger partial charge in [0.1, 0.15) is 0 Å². The molecule has 1 N–H and O–H groups in total. The lowest BCUT2D eigenvalue weighted by Gasteiger charge is -2.37. The molecule has 5 aliphatic rings. The van der Waals surface area contributed by atoms with E-state index < -0.39 is 0 Å². The summed E-state index contributed by atoms with van der Waals surface area (Å²) in [4.78, 5) is 27.3. The third kappa shape index (κ3) is 1.74. The molecule has 3 fully saturated rings. The van der Waals surface area contributed by atoms with Gasteiger partial charge < -0.3 is 5.32 Å². The van der Waals surface area contributed by atoms with Gasteiger partial charge in [-0.15, -0.1) is 0 Å². The standard InChI is InChI=1S/C20H22N2O2/c1-10-4-3-5-16(11(10)2)21-9-22-19(23)17-12-6-7-13(15-8-14(12)15)18(17)20(22)24/h3-7,12-15,17-18,21H,8-9H2,1-2H3/t12-,13-,14-,15+,17-,18-/m1/s1. The topological polar surface area (TPSA) is 49.4 Å². The molecule has 2 saturated carbocycles. The number of anilines is 1. The molecule has 1 aromatic rings. The van der Waals surface area contributed by atoms with Crippen molar-refractivity contribution in [2.24, 2.45) is 35.5 Å². The van der Waals surface area contributed by atoms with E-state index in [2.05, 4.69) is 37.4 Å². The summed E-state index contributed by atoms with van der Waals surface area (Å²) >= 11 is 0. The first kappa shape index (κ1) is 14.3. The molecule has 2 amide bonds. The number of amides is 2. The highest BCUT2D eigenvalue weighted by Gasteiger charge is 2.66. The Morgan fingerprint density at radius 3 is 2.29 bits per heavy atom. The number of nitrogens with zero attached hydrogens (tertiary/aromatic N) is 1. The molecule has 1 aromatic carbocycles. The van der Waals surface area contributed by atoms with Crippen molar-refractivity contribution < 1.29 is 9.59 Å². The van der Waals surface area contributed by atoms with Gasteiger partial charge in [0.15, 0.2) is 0 Å². The number of nitrogens with one attached hydrogen (secondary N) is 1. The number of hydrogen-bond acceptors (Lipinski definition) is 3. The number of allylic oxidation sites excluding steroid dienone is 2. The summed E-state index contributed by atoms with van der Waals surface area (Å²) in [5.41, 5.74) is 3.36. The molecule has 124 valence electrons. The second kappa shape index (κ2) is 4.71. The van der Waals surface area contributed by atoms with Crippen molar-refractivity contribution in [3.63, 3.8) is 0 Å². The maximum atomic E-state index is 12.9. The largest absolute Gasteiger partial charge is 0.367 e. The number of aryl methyl sites for hydroxylation is 1. The van der Waals surface area contributed by atoms with Crippen LogP contribution in [0.5, 0.6) is 0 Å². The molecular weight excluding hydrogens is 300 g/mol. The summed E-state index contributed by atoms with van der Waals surface area (Å²) < 4.78 is 0. The van der Waals surface area contributed by atoms with Gasteiger partial charge in [0, 0.05) is 5.69 Å². The van der Waals surface area contributed by atoms with E-state index >= 15 is 0 Å². The van der Waals surface area contributed by atoms with Crippen molar-refractivity contribution in [3.05, 3.63) is 41.5 Å². The van der Waals surface area contributed by atoms with Crippen LogP contribution in [0.2, 0.25) is 0 Å². The van der Waals surface area contributed by atoms with Gasteiger partial charge in [-0.3, -0.25) is 14.5 Å². The number of carbonyl (C=O) groups excluding carboxylic acids is 2. The zero-order chi connectivity index (χ0) is 16.6. The lowest BCUT2D eigenvalue weighted by atomic mass is 9.63. The van der Waals surface area contributed by atoms with Crippen LogP contribution >= 0.6 is 0 Å². The van der Waals surface area contributed by atoms with Crippen molar-refractivity contribution in [2.45, 2.75) is 20.3 Å². The van der Waals surface area contributed by atoms with Gasteiger partial charge in [0.2, 0.25) is 11.8 Å². The highest BCUT2D eigenvalue weighted by Crippen LogP contribution is 2.65. The fraction of sp³-hybridized carbons (Fsp3) is 0.500. The maximum absolute atomic E-state index is 12.9. The fourth-order valence-electron chi connectivity index (χ4n) is 5.28. The van der Waals surface area contributed by atoms with Crippen molar-refractivity contribution in [1.29, 1.82) is 0 Å². The lowest BCUT2D eigenvalue weighted by Crippen LogP contribution is -2.40. The van der Waals surface area contributed by atoms with Gasteiger partial charge in [-0.25, -0.2) is 0 Å². The second-order valence-electron chi connectivity index (χ2n) is 7.84. The van der Waals surface area contributed by atoms with Crippen LogP contribution in [0.25, 0.3) is 0 Å². The minimum absolute atomic E-state index is 0.0347. The van der Waals surface area contributed by atoms with Crippen LogP contribution in [-0.2, 0) is 9.59 Å². The van der Waals surface area contributed by atoms with Gasteiger partial charge in [-0.2, -0.15) is 0 Å². The van der Waals surface area contributed by atoms with Crippen LogP contribution < -0.4 is 5.32 Å². The average Bonchev–Trinajstić information content (AvgIpc) is 3.35. The number of benzene rings is 1. The van der Waals surface area contributed by atoms with Crippen LogP contribution in [0.3, 0.4) is 0 Å². The molecule has 0 spiro atoms. The van der Waals surface area contributed by atoms with E-state index in [-0.39, 0.29) is 30.3 Å². The first-order valence-corrected chi connectivity index (χ1v) is 8.91. The SMILES string of the molecule is Cc1cccc(NCN2C(=O)[C@@H]3[C@@H]4C=C[C@H]([C@@H]5C[C@H]45)[C@H]3C2=O)c1C. The summed E-state index contributed by atoms with van der Waals surface area (Å²) in [6, 6.07) is 6.06. The highest BCUT2D eigenvalue weighted by atomic mass is 16.2. The van der Waals surface area contributed by atoms with Gasteiger partial charge in [-0.1, -0.05) is 24.3 Å². The second-order valence-corrected chi connectivity index (χ2v) is 7.84. The predicted octanol–water partition coefficient (Wildman–Crippen LogP) is 2.73. The molecule has 4 nitrogen and oxygen atoms in total. The summed E-state index contributed by atoms with van der Waals surface area (Å²) in [5.74, 6) is 1.78. The Balaban J connectivity index is 1.38. The highest BCUT2D eigenvalue weighted by molar-refractivity contribution is 6.06. The summed E-state index contributed by atoms with van der Waals surface area (Å²) in [6.07, 6.45) is 5.64. The summed E-state index contributed by atoms with van der Waals surface area (Å²) in [5, 5.41) is 3.30. The molecule has 6 rings (SSSR count). The Morgan fingerprint density at radius 1 is 1.04 bits per heavy atom. The molecule has 4 aliphatic carbocycles. The van der Waals surface area contributed by atoms with Gasteiger partial charge in [0.25, 0.3) is 0 Å². The van der Waals surface area contributed by atoms with Crippen LogP contribution in [0.1, 0.15) is 17.5 Å². The molecule has 4 heteroatoms. The molecule has 1 aliphatic heterocycles. The minimum atomic E-state index is -0.100. The van der Waals surface area contributed by atoms with E-state index in [1.54, 1.807) is 0 Å². The van der Waals surface area contributed by atoms with Gasteiger partial charge in [-0.05, 0) is 61.1 Å². The third-order valence-corrected chi connectivity index (χ3v) is 6.79. The Hall–Kier alpha value is -2.10. The third-order valence-electron chi connectivity index (χ3n) is 6.79. The predicted molar refractivity (Wildman–Crippen MR) is 91.0 cm³/mol. The Morgan fingerprint density at radius 2 is 1.67 bits per heavy atom. The van der Waals surface area contributed by atoms with Crippen LogP contribution in [-0.4, -0.2) is 23.4 Å². The number of hydrogen-bond donors (Lipinski definition) is 1. The Kier molecular flexibility index (Phi) is 2.80. The quantitative estimate of drug-likeness (QED) is 0.688. The van der Waals surface area contributed by atoms with Crippen molar-refractivity contribution in [1.82, 2.24) is 4.90 Å². The average molecular weight is 322 g/mol. The van der Waals surface area contributed by atoms with Crippen LogP contribution in [0.15, 0.2) is 30.4 Å². The molecule has 0 aromatic heterocycles. The van der Waals surface area contributed by atoms with E-state index in [1.165, 1.54) is 16.9 Å². The monoisotopic (exact) mass is 322 g/mol. The van der Waals surface area contributed by atoms with E-state index in [1.807, 2.05) is 12.1 Å². The molecule has 0 radical (unpaired) electrons. The molecule has 6 atom stereocenters. The normalized spacial score (nSPS) is 38.3. The first-order valence-electron chi connectivity index (χ1n) is 8.91.